The number of ether oxygens (including phenoxy) is 3. The van der Waals surface area contributed by atoms with Crippen LogP contribution in [0, 0.1) is 5.41 Å². The van der Waals surface area contributed by atoms with Gasteiger partial charge in [0.15, 0.2) is 11.5 Å². The Hall–Kier alpha value is -1.99. The number of piperidine rings is 1. The van der Waals surface area contributed by atoms with Gasteiger partial charge in [-0.3, -0.25) is 9.69 Å². The molecular weight excluding hydrogens is 338 g/mol. The van der Waals surface area contributed by atoms with Crippen molar-refractivity contribution in [2.75, 3.05) is 34.4 Å². The van der Waals surface area contributed by atoms with Crippen LogP contribution in [-0.4, -0.2) is 61.6 Å². The second-order valence-electron chi connectivity index (χ2n) is 6.71. The Morgan fingerprint density at radius 3 is 2.42 bits per heavy atom. The molecule has 1 unspecified atom stereocenters. The van der Waals surface area contributed by atoms with Crippen molar-refractivity contribution < 1.29 is 29.2 Å². The van der Waals surface area contributed by atoms with Crippen LogP contribution in [0.2, 0.25) is 0 Å². The predicted octanol–water partition coefficient (Wildman–Crippen LogP) is 2.15. The fourth-order valence-corrected chi connectivity index (χ4v) is 3.80. The topological polar surface area (TPSA) is 88.5 Å². The van der Waals surface area contributed by atoms with E-state index in [-0.39, 0.29) is 0 Å². The monoisotopic (exact) mass is 367 g/mol. The zero-order chi connectivity index (χ0) is 19.3. The largest absolute Gasteiger partial charge is 0.493 e. The minimum Gasteiger partial charge on any atom is -0.493 e. The zero-order valence-corrected chi connectivity index (χ0v) is 15.9. The predicted molar refractivity (Wildman–Crippen MR) is 97.0 cm³/mol. The van der Waals surface area contributed by atoms with Crippen LogP contribution in [0.15, 0.2) is 12.1 Å². The Bertz CT molecular complexity index is 635. The molecule has 0 bridgehead atoms. The third kappa shape index (κ3) is 3.73. The van der Waals surface area contributed by atoms with E-state index >= 15 is 0 Å². The molecule has 1 aromatic rings. The Labute approximate surface area is 154 Å². The number of hydrogen-bond donors (Lipinski definition) is 2. The standard InChI is InChI=1S/C19H29NO6/c1-5-8-19(18(22)23)9-10-20(12-15(19)21)11-13-6-7-14(24-2)17(26-4)16(13)25-3/h6-7,15,21H,5,8-12H2,1-4H3,(H,22,23)/t15?,19-/m0/s1. The van der Waals surface area contributed by atoms with Gasteiger partial charge in [-0.15, -0.1) is 0 Å². The maximum atomic E-state index is 11.8. The minimum absolute atomic E-state index is 0.309. The van der Waals surface area contributed by atoms with Gasteiger partial charge in [-0.1, -0.05) is 19.4 Å². The van der Waals surface area contributed by atoms with E-state index in [4.69, 9.17) is 14.2 Å². The van der Waals surface area contributed by atoms with Crippen molar-refractivity contribution >= 4 is 5.97 Å². The molecule has 2 atom stereocenters. The molecule has 1 aliphatic rings. The second kappa shape index (κ2) is 8.60. The number of benzene rings is 1. The van der Waals surface area contributed by atoms with Crippen LogP contribution >= 0.6 is 0 Å². The molecule has 0 spiro atoms. The third-order valence-electron chi connectivity index (χ3n) is 5.24. The SMILES string of the molecule is CCC[C@]1(C(=O)O)CCN(Cc2ccc(OC)c(OC)c2OC)CC1O. The smallest absolute Gasteiger partial charge is 0.312 e. The van der Waals surface area contributed by atoms with Gasteiger partial charge in [0.2, 0.25) is 5.75 Å². The lowest BCUT2D eigenvalue weighted by atomic mass is 9.72. The molecule has 1 saturated heterocycles. The van der Waals surface area contributed by atoms with Crippen molar-refractivity contribution in [1.82, 2.24) is 4.90 Å². The van der Waals surface area contributed by atoms with E-state index in [0.29, 0.717) is 49.7 Å². The highest BCUT2D eigenvalue weighted by molar-refractivity contribution is 5.75. The number of nitrogens with zero attached hydrogens (tertiary/aromatic N) is 1. The van der Waals surface area contributed by atoms with Gasteiger partial charge < -0.3 is 24.4 Å². The van der Waals surface area contributed by atoms with Gasteiger partial charge in [-0.2, -0.15) is 0 Å². The fraction of sp³-hybridized carbons (Fsp3) is 0.632. The number of carbonyl (C=O) groups is 1. The number of aliphatic carboxylic acids is 1. The highest BCUT2D eigenvalue weighted by Crippen LogP contribution is 2.41. The number of carboxylic acid groups (broad SMARTS) is 1. The highest BCUT2D eigenvalue weighted by atomic mass is 16.5. The van der Waals surface area contributed by atoms with Gasteiger partial charge in [-0.05, 0) is 25.5 Å². The summed E-state index contributed by atoms with van der Waals surface area (Å²) in [4.78, 5) is 13.8. The van der Waals surface area contributed by atoms with Crippen molar-refractivity contribution in [2.24, 2.45) is 5.41 Å². The molecule has 146 valence electrons. The molecule has 1 fully saturated rings. The lowest BCUT2D eigenvalue weighted by molar-refractivity contribution is -0.164. The molecule has 0 radical (unpaired) electrons. The summed E-state index contributed by atoms with van der Waals surface area (Å²) in [6, 6.07) is 3.72. The fourth-order valence-electron chi connectivity index (χ4n) is 3.80. The van der Waals surface area contributed by atoms with E-state index in [0.717, 1.165) is 12.0 Å². The lowest BCUT2D eigenvalue weighted by Crippen LogP contribution is -2.54. The molecule has 0 amide bonds. The molecule has 2 N–H and O–H groups in total. The van der Waals surface area contributed by atoms with Crippen LogP contribution in [0.3, 0.4) is 0 Å². The van der Waals surface area contributed by atoms with Gasteiger partial charge in [0.25, 0.3) is 0 Å². The van der Waals surface area contributed by atoms with Crippen LogP contribution in [0.5, 0.6) is 17.2 Å². The van der Waals surface area contributed by atoms with Crippen LogP contribution < -0.4 is 14.2 Å². The third-order valence-corrected chi connectivity index (χ3v) is 5.24. The molecule has 7 nitrogen and oxygen atoms in total. The first kappa shape index (κ1) is 20.3. The molecule has 0 aromatic heterocycles. The summed E-state index contributed by atoms with van der Waals surface area (Å²) in [5.74, 6) is 0.788. The number of methoxy groups -OCH3 is 3. The molecular formula is C19H29NO6. The van der Waals surface area contributed by atoms with E-state index < -0.39 is 17.5 Å². The van der Waals surface area contributed by atoms with Crippen molar-refractivity contribution in [2.45, 2.75) is 38.8 Å². The normalized spacial score (nSPS) is 23.5. The van der Waals surface area contributed by atoms with Crippen LogP contribution in [0.25, 0.3) is 0 Å². The van der Waals surface area contributed by atoms with E-state index in [2.05, 4.69) is 0 Å². The Kier molecular flexibility index (Phi) is 6.72. The first-order chi connectivity index (χ1) is 12.4. The van der Waals surface area contributed by atoms with E-state index in [1.54, 1.807) is 21.3 Å². The summed E-state index contributed by atoms with van der Waals surface area (Å²) in [6.07, 6.45) is 0.733. The zero-order valence-electron chi connectivity index (χ0n) is 15.9. The summed E-state index contributed by atoms with van der Waals surface area (Å²) < 4.78 is 16.2. The number of likely N-dealkylation sites (tertiary alicyclic amines) is 1. The van der Waals surface area contributed by atoms with Crippen molar-refractivity contribution in [1.29, 1.82) is 0 Å². The highest BCUT2D eigenvalue weighted by Gasteiger charge is 2.47. The Morgan fingerprint density at radius 1 is 1.23 bits per heavy atom. The average Bonchev–Trinajstić information content (AvgIpc) is 2.63. The number of carboxylic acids is 1. The quantitative estimate of drug-likeness (QED) is 0.728. The van der Waals surface area contributed by atoms with Crippen molar-refractivity contribution in [3.63, 3.8) is 0 Å². The first-order valence-electron chi connectivity index (χ1n) is 8.85. The number of aliphatic hydroxyl groups excluding tert-OH is 1. The maximum absolute atomic E-state index is 11.8. The minimum atomic E-state index is -1.05. The summed E-state index contributed by atoms with van der Waals surface area (Å²) in [5.41, 5.74) is -0.150. The van der Waals surface area contributed by atoms with Crippen molar-refractivity contribution in [3.8, 4) is 17.2 Å². The second-order valence-corrected chi connectivity index (χ2v) is 6.71. The number of aliphatic hydroxyl groups is 1. The number of rotatable bonds is 8. The Balaban J connectivity index is 2.20. The van der Waals surface area contributed by atoms with Gasteiger partial charge in [0.05, 0.1) is 32.8 Å². The summed E-state index contributed by atoms with van der Waals surface area (Å²) in [6.45, 7) is 3.38. The molecule has 1 aliphatic heterocycles. The van der Waals surface area contributed by atoms with E-state index in [9.17, 15) is 15.0 Å². The van der Waals surface area contributed by atoms with Crippen LogP contribution in [0.1, 0.15) is 31.7 Å². The van der Waals surface area contributed by atoms with Gasteiger partial charge in [0, 0.05) is 18.7 Å². The molecule has 7 heteroatoms. The lowest BCUT2D eigenvalue weighted by Gasteiger charge is -2.42. The number of β-amino-alcohol motifs (C(OH)–C–C–N with tert-alkyl or cyclic N) is 1. The molecule has 2 rings (SSSR count). The van der Waals surface area contributed by atoms with Crippen molar-refractivity contribution in [3.05, 3.63) is 17.7 Å². The summed E-state index contributed by atoms with van der Waals surface area (Å²) in [7, 11) is 4.69. The number of hydrogen-bond acceptors (Lipinski definition) is 6. The summed E-state index contributed by atoms with van der Waals surface area (Å²) >= 11 is 0. The Morgan fingerprint density at radius 2 is 1.92 bits per heavy atom. The van der Waals surface area contributed by atoms with Crippen LogP contribution in [-0.2, 0) is 11.3 Å². The molecule has 1 heterocycles. The maximum Gasteiger partial charge on any atom is 0.312 e. The average molecular weight is 367 g/mol. The van der Waals surface area contributed by atoms with Crippen LogP contribution in [0.4, 0.5) is 0 Å². The van der Waals surface area contributed by atoms with Gasteiger partial charge >= 0.3 is 5.97 Å². The molecule has 0 saturated carbocycles. The van der Waals surface area contributed by atoms with E-state index in [1.165, 1.54) is 0 Å². The molecule has 1 aromatic carbocycles. The molecule has 0 aliphatic carbocycles. The van der Waals surface area contributed by atoms with Gasteiger partial charge in [0.1, 0.15) is 0 Å². The van der Waals surface area contributed by atoms with E-state index in [1.807, 2.05) is 24.0 Å². The van der Waals surface area contributed by atoms with Gasteiger partial charge in [-0.25, -0.2) is 0 Å². The summed E-state index contributed by atoms with van der Waals surface area (Å²) in [5, 5.41) is 20.2. The first-order valence-corrected chi connectivity index (χ1v) is 8.85. The molecule has 26 heavy (non-hydrogen) atoms.